The number of piperidine rings is 1. The first-order valence-corrected chi connectivity index (χ1v) is 13.4. The Hall–Kier alpha value is -3.59. The normalized spacial score (nSPS) is 21.8. The molecule has 0 bridgehead atoms. The van der Waals surface area contributed by atoms with E-state index in [2.05, 4.69) is 12.4 Å². The van der Waals surface area contributed by atoms with Crippen molar-refractivity contribution in [2.45, 2.75) is 51.1 Å². The number of phenolic OH excluding ortho intramolecular Hbond substituents is 1. The molecule has 1 saturated heterocycles. The van der Waals surface area contributed by atoms with Crippen molar-refractivity contribution in [3.05, 3.63) is 59.7 Å². The van der Waals surface area contributed by atoms with Crippen LogP contribution >= 0.6 is 0 Å². The number of anilines is 1. The van der Waals surface area contributed by atoms with Gasteiger partial charge in [-0.05, 0) is 61.7 Å². The second-order valence-corrected chi connectivity index (χ2v) is 10.8. The van der Waals surface area contributed by atoms with Crippen LogP contribution in [0.2, 0.25) is 0 Å². The van der Waals surface area contributed by atoms with Gasteiger partial charge in [-0.25, -0.2) is 9.59 Å². The number of esters is 1. The van der Waals surface area contributed by atoms with E-state index in [0.29, 0.717) is 11.3 Å². The number of amides is 3. The number of urea groups is 1. The topological polar surface area (TPSA) is 122 Å². The number of hydrogen-bond acceptors (Lipinski definition) is 5. The molecule has 2 aromatic rings. The number of nitrogens with one attached hydrogen (secondary N) is 1. The number of aromatic hydroxyl groups is 1. The van der Waals surface area contributed by atoms with Gasteiger partial charge in [0.1, 0.15) is 11.8 Å². The van der Waals surface area contributed by atoms with Gasteiger partial charge in [0.25, 0.3) is 0 Å². The number of carbonyl (C=O) groups is 3. The van der Waals surface area contributed by atoms with Crippen molar-refractivity contribution < 1.29 is 28.7 Å². The Morgan fingerprint density at radius 1 is 1.05 bits per heavy atom. The number of carbonyl (C=O) groups excluding carboxylic acids is 3. The molecule has 1 aliphatic carbocycles. The molecule has 204 valence electrons. The van der Waals surface area contributed by atoms with E-state index < -0.39 is 23.9 Å². The third-order valence-corrected chi connectivity index (χ3v) is 7.71. The number of quaternary nitrogens is 1. The van der Waals surface area contributed by atoms with E-state index in [-0.39, 0.29) is 24.8 Å². The smallest absolute Gasteiger partial charge is 0.338 e. The van der Waals surface area contributed by atoms with Gasteiger partial charge in [-0.3, -0.25) is 4.79 Å². The van der Waals surface area contributed by atoms with Crippen molar-refractivity contribution in [3.63, 3.8) is 0 Å². The maximum atomic E-state index is 13.7. The first kappa shape index (κ1) is 27.4. The number of likely N-dealkylation sites (tertiary alicyclic amines) is 1. The maximum Gasteiger partial charge on any atom is 0.338 e. The van der Waals surface area contributed by atoms with Crippen LogP contribution in [-0.2, 0) is 16.0 Å². The van der Waals surface area contributed by atoms with Crippen molar-refractivity contribution in [1.82, 2.24) is 4.90 Å². The van der Waals surface area contributed by atoms with E-state index in [1.54, 1.807) is 60.4 Å². The van der Waals surface area contributed by atoms with Gasteiger partial charge in [0, 0.05) is 36.9 Å². The van der Waals surface area contributed by atoms with E-state index >= 15 is 0 Å². The Balaban J connectivity index is 1.54. The summed E-state index contributed by atoms with van der Waals surface area (Å²) < 4.78 is 6.02. The highest BCUT2D eigenvalue weighted by atomic mass is 16.5. The first-order chi connectivity index (χ1) is 18.2. The third kappa shape index (κ3) is 7.04. The molecule has 1 aliphatic heterocycles. The predicted octanol–water partition coefficient (Wildman–Crippen LogP) is 3.52. The van der Waals surface area contributed by atoms with Gasteiger partial charge >= 0.3 is 12.0 Å². The van der Waals surface area contributed by atoms with Crippen LogP contribution < -0.4 is 11.1 Å². The average molecular weight is 524 g/mol. The summed E-state index contributed by atoms with van der Waals surface area (Å²) in [6.07, 6.45) is 4.40. The summed E-state index contributed by atoms with van der Waals surface area (Å²) >= 11 is 0. The number of hydrogen-bond donors (Lipinski definition) is 3. The SMILES string of the molecule is CCOC(=O)c1ccc(NC(=O)N(C2CC[N+](C)(CC3CC3)CC2)[C@@H](Cc2ccc(O)cc2)C(N)=O)cc1. The Morgan fingerprint density at radius 2 is 1.68 bits per heavy atom. The van der Waals surface area contributed by atoms with Crippen LogP contribution in [0.25, 0.3) is 0 Å². The molecular formula is C29H39N4O5+. The quantitative estimate of drug-likeness (QED) is 0.325. The van der Waals surface area contributed by atoms with Gasteiger partial charge in [0.15, 0.2) is 0 Å². The molecule has 2 aliphatic rings. The molecular weight excluding hydrogens is 484 g/mol. The fourth-order valence-corrected chi connectivity index (χ4v) is 5.41. The summed E-state index contributed by atoms with van der Waals surface area (Å²) in [5.41, 5.74) is 7.59. The molecule has 9 heteroatoms. The first-order valence-electron chi connectivity index (χ1n) is 13.4. The number of nitrogens with two attached hydrogens (primary N) is 1. The highest BCUT2D eigenvalue weighted by molar-refractivity contribution is 5.95. The minimum Gasteiger partial charge on any atom is -0.508 e. The molecule has 4 N–H and O–H groups in total. The zero-order valence-electron chi connectivity index (χ0n) is 22.3. The van der Waals surface area contributed by atoms with Gasteiger partial charge < -0.3 is 30.3 Å². The molecule has 38 heavy (non-hydrogen) atoms. The van der Waals surface area contributed by atoms with Gasteiger partial charge in [0.05, 0.1) is 38.9 Å². The molecule has 1 saturated carbocycles. The molecule has 0 spiro atoms. The number of phenols is 1. The van der Waals surface area contributed by atoms with Gasteiger partial charge in [-0.2, -0.15) is 0 Å². The molecule has 4 rings (SSSR count). The van der Waals surface area contributed by atoms with Crippen LogP contribution in [0, 0.1) is 5.92 Å². The van der Waals surface area contributed by atoms with Crippen LogP contribution in [0.5, 0.6) is 5.75 Å². The van der Waals surface area contributed by atoms with Gasteiger partial charge in [0.2, 0.25) is 5.91 Å². The molecule has 2 aromatic carbocycles. The fourth-order valence-electron chi connectivity index (χ4n) is 5.41. The Kier molecular flexibility index (Phi) is 8.56. The van der Waals surface area contributed by atoms with Gasteiger partial charge in [-0.15, -0.1) is 0 Å². The lowest BCUT2D eigenvalue weighted by Gasteiger charge is -2.45. The van der Waals surface area contributed by atoms with Crippen LogP contribution in [0.4, 0.5) is 10.5 Å². The van der Waals surface area contributed by atoms with Crippen LogP contribution in [0.15, 0.2) is 48.5 Å². The Labute approximate surface area is 224 Å². The lowest BCUT2D eigenvalue weighted by atomic mass is 9.96. The van der Waals surface area contributed by atoms with E-state index in [1.807, 2.05) is 0 Å². The molecule has 2 fully saturated rings. The van der Waals surface area contributed by atoms with Crippen molar-refractivity contribution >= 4 is 23.6 Å². The lowest BCUT2D eigenvalue weighted by Crippen LogP contribution is -2.60. The third-order valence-electron chi connectivity index (χ3n) is 7.71. The predicted molar refractivity (Wildman–Crippen MR) is 145 cm³/mol. The Bertz CT molecular complexity index is 1120. The molecule has 0 radical (unpaired) electrons. The number of ether oxygens (including phenoxy) is 1. The average Bonchev–Trinajstić information content (AvgIpc) is 3.70. The van der Waals surface area contributed by atoms with Crippen molar-refractivity contribution in [2.24, 2.45) is 11.7 Å². The molecule has 9 nitrogen and oxygen atoms in total. The van der Waals surface area contributed by atoms with E-state index in [1.165, 1.54) is 19.4 Å². The van der Waals surface area contributed by atoms with Crippen LogP contribution in [0.1, 0.15) is 48.5 Å². The number of primary amides is 1. The molecule has 1 heterocycles. The minimum atomic E-state index is -0.858. The molecule has 0 aromatic heterocycles. The van der Waals surface area contributed by atoms with E-state index in [9.17, 15) is 19.5 Å². The number of nitrogens with zero attached hydrogens (tertiary/aromatic N) is 2. The monoisotopic (exact) mass is 523 g/mol. The van der Waals surface area contributed by atoms with Crippen molar-refractivity contribution in [3.8, 4) is 5.75 Å². The zero-order chi connectivity index (χ0) is 27.3. The Morgan fingerprint density at radius 3 is 2.24 bits per heavy atom. The summed E-state index contributed by atoms with van der Waals surface area (Å²) in [6, 6.07) is 11.7. The largest absolute Gasteiger partial charge is 0.508 e. The second kappa shape index (κ2) is 11.9. The number of benzene rings is 2. The summed E-state index contributed by atoms with van der Waals surface area (Å²) in [6.45, 7) is 5.06. The van der Waals surface area contributed by atoms with Gasteiger partial charge in [-0.1, -0.05) is 12.1 Å². The van der Waals surface area contributed by atoms with Crippen molar-refractivity contribution in [2.75, 3.05) is 38.6 Å². The molecule has 0 unspecified atom stereocenters. The standard InChI is InChI=1S/C29H38N4O5/c1-3-38-28(36)22-8-10-23(11-9-22)31-29(37)32(24-14-16-33(2,17-15-24)19-21-4-5-21)26(27(30)35)18-20-6-12-25(34)13-7-20/h6-13,21,24,26H,3-5,14-19H2,1-2H3,(H3-,30,31,34,35,36,37)/p+1/t24?,26-,33?/m0/s1. The number of rotatable bonds is 10. The highest BCUT2D eigenvalue weighted by Gasteiger charge is 2.41. The van der Waals surface area contributed by atoms with E-state index in [0.717, 1.165) is 41.9 Å². The highest BCUT2D eigenvalue weighted by Crippen LogP contribution is 2.34. The summed E-state index contributed by atoms with van der Waals surface area (Å²) in [7, 11) is 2.28. The summed E-state index contributed by atoms with van der Waals surface area (Å²) in [5.74, 6) is -0.0670. The summed E-state index contributed by atoms with van der Waals surface area (Å²) in [4.78, 5) is 40.1. The minimum absolute atomic E-state index is 0.130. The zero-order valence-corrected chi connectivity index (χ0v) is 22.3. The van der Waals surface area contributed by atoms with Crippen LogP contribution in [-0.4, -0.2) is 77.8 Å². The molecule has 1 atom stereocenters. The maximum absolute atomic E-state index is 13.7. The fraction of sp³-hybridized carbons (Fsp3) is 0.483. The van der Waals surface area contributed by atoms with E-state index in [4.69, 9.17) is 10.5 Å². The molecule has 3 amide bonds. The van der Waals surface area contributed by atoms with Crippen LogP contribution in [0.3, 0.4) is 0 Å². The van der Waals surface area contributed by atoms with Crippen molar-refractivity contribution in [1.29, 1.82) is 0 Å². The second-order valence-electron chi connectivity index (χ2n) is 10.8. The lowest BCUT2D eigenvalue weighted by molar-refractivity contribution is -0.916. The summed E-state index contributed by atoms with van der Waals surface area (Å²) in [5, 5.41) is 12.6.